The maximum atomic E-state index is 3.93. The summed E-state index contributed by atoms with van der Waals surface area (Å²) in [5.74, 6) is 2.42. The Bertz CT molecular complexity index is 431. The number of thioether (sulfide) groups is 1. The lowest BCUT2D eigenvalue weighted by Crippen LogP contribution is -2.39. The van der Waals surface area contributed by atoms with Crippen molar-refractivity contribution < 1.29 is 0 Å². The summed E-state index contributed by atoms with van der Waals surface area (Å²) in [6, 6.07) is 10.3. The summed E-state index contributed by atoms with van der Waals surface area (Å²) in [6.07, 6.45) is 5.42. The Balaban J connectivity index is 1.65. The Hall–Kier alpha value is -0.470. The molecule has 2 heteroatoms. The molecule has 1 aromatic rings. The third-order valence-corrected chi connectivity index (χ3v) is 5.83. The molecule has 3 rings (SSSR count). The molecule has 1 aliphatic heterocycles. The number of fused-ring (bicyclic) bond motifs is 1. The molecule has 0 amide bonds. The van der Waals surface area contributed by atoms with Gasteiger partial charge < -0.3 is 5.32 Å². The standard InChI is InChI=1S/C17H25NS/c1-17(2)9-7-14(8-10-17)18-16-12-19-11-13-5-3-4-6-15(13)16/h3-6,14,16,18H,7-12H2,1-2H3. The number of nitrogens with one attached hydrogen (secondary N) is 1. The number of hydrogen-bond donors (Lipinski definition) is 1. The summed E-state index contributed by atoms with van der Waals surface area (Å²) in [4.78, 5) is 0. The molecule has 1 atom stereocenters. The molecule has 1 aliphatic carbocycles. The van der Waals surface area contributed by atoms with Crippen molar-refractivity contribution in [3.8, 4) is 0 Å². The van der Waals surface area contributed by atoms with Gasteiger partial charge in [0.25, 0.3) is 0 Å². The Morgan fingerprint density at radius 2 is 1.89 bits per heavy atom. The minimum atomic E-state index is 0.567. The molecular weight excluding hydrogens is 250 g/mol. The van der Waals surface area contributed by atoms with Crippen LogP contribution in [-0.2, 0) is 5.75 Å². The fraction of sp³-hybridized carbons (Fsp3) is 0.647. The molecule has 2 aliphatic rings. The van der Waals surface area contributed by atoms with Gasteiger partial charge in [-0.05, 0) is 42.2 Å². The van der Waals surface area contributed by atoms with E-state index in [1.165, 1.54) is 42.8 Å². The Morgan fingerprint density at radius 1 is 1.16 bits per heavy atom. The highest BCUT2D eigenvalue weighted by molar-refractivity contribution is 7.98. The van der Waals surface area contributed by atoms with E-state index in [0.717, 1.165) is 6.04 Å². The summed E-state index contributed by atoms with van der Waals surface area (Å²) >= 11 is 2.07. The third kappa shape index (κ3) is 3.17. The molecule has 0 saturated heterocycles. The zero-order valence-electron chi connectivity index (χ0n) is 12.1. The highest BCUT2D eigenvalue weighted by atomic mass is 32.2. The average molecular weight is 275 g/mol. The van der Waals surface area contributed by atoms with Crippen LogP contribution in [0.15, 0.2) is 24.3 Å². The van der Waals surface area contributed by atoms with Crippen LogP contribution in [0.3, 0.4) is 0 Å². The second kappa shape index (κ2) is 5.49. The molecule has 1 saturated carbocycles. The van der Waals surface area contributed by atoms with Crippen LogP contribution >= 0.6 is 11.8 Å². The van der Waals surface area contributed by atoms with Crippen LogP contribution in [0.25, 0.3) is 0 Å². The van der Waals surface area contributed by atoms with Crippen LogP contribution in [0.2, 0.25) is 0 Å². The van der Waals surface area contributed by atoms with E-state index >= 15 is 0 Å². The molecule has 1 heterocycles. The molecule has 104 valence electrons. The lowest BCUT2D eigenvalue weighted by molar-refractivity contribution is 0.200. The molecule has 1 fully saturated rings. The van der Waals surface area contributed by atoms with E-state index in [1.54, 1.807) is 5.56 Å². The van der Waals surface area contributed by atoms with Crippen molar-refractivity contribution in [1.29, 1.82) is 0 Å². The Kier molecular flexibility index (Phi) is 3.91. The quantitative estimate of drug-likeness (QED) is 0.851. The molecule has 0 radical (unpaired) electrons. The highest BCUT2D eigenvalue weighted by Gasteiger charge is 2.29. The van der Waals surface area contributed by atoms with Gasteiger partial charge in [0, 0.05) is 23.6 Å². The van der Waals surface area contributed by atoms with E-state index in [1.807, 2.05) is 0 Å². The zero-order valence-corrected chi connectivity index (χ0v) is 12.9. The molecule has 1 aromatic carbocycles. The lowest BCUT2D eigenvalue weighted by atomic mass is 9.75. The van der Waals surface area contributed by atoms with Crippen molar-refractivity contribution in [2.45, 2.75) is 57.4 Å². The van der Waals surface area contributed by atoms with Gasteiger partial charge in [-0.3, -0.25) is 0 Å². The van der Waals surface area contributed by atoms with Gasteiger partial charge in [-0.25, -0.2) is 0 Å². The molecule has 1 nitrogen and oxygen atoms in total. The minimum absolute atomic E-state index is 0.567. The van der Waals surface area contributed by atoms with Crippen LogP contribution in [0.4, 0.5) is 0 Å². The molecule has 19 heavy (non-hydrogen) atoms. The van der Waals surface area contributed by atoms with Gasteiger partial charge in [-0.15, -0.1) is 0 Å². The first-order valence-corrected chi connectivity index (χ1v) is 8.71. The smallest absolute Gasteiger partial charge is 0.0417 e. The van der Waals surface area contributed by atoms with Crippen LogP contribution < -0.4 is 5.32 Å². The van der Waals surface area contributed by atoms with Crippen LogP contribution in [0.1, 0.15) is 56.7 Å². The van der Waals surface area contributed by atoms with E-state index in [2.05, 4.69) is 55.2 Å². The van der Waals surface area contributed by atoms with Crippen molar-refractivity contribution in [2.75, 3.05) is 5.75 Å². The molecule has 1 N–H and O–H groups in total. The summed E-state index contributed by atoms with van der Waals surface area (Å²) in [5, 5.41) is 3.93. The van der Waals surface area contributed by atoms with E-state index in [0.29, 0.717) is 11.5 Å². The van der Waals surface area contributed by atoms with Gasteiger partial charge in [-0.2, -0.15) is 11.8 Å². The van der Waals surface area contributed by atoms with Gasteiger partial charge in [0.2, 0.25) is 0 Å². The zero-order chi connectivity index (χ0) is 13.3. The van der Waals surface area contributed by atoms with E-state index in [9.17, 15) is 0 Å². The number of hydrogen-bond acceptors (Lipinski definition) is 2. The van der Waals surface area contributed by atoms with Crippen LogP contribution in [0, 0.1) is 5.41 Å². The van der Waals surface area contributed by atoms with Crippen LogP contribution in [-0.4, -0.2) is 11.8 Å². The van der Waals surface area contributed by atoms with Crippen molar-refractivity contribution >= 4 is 11.8 Å². The molecular formula is C17H25NS. The first kappa shape index (κ1) is 13.5. The van der Waals surface area contributed by atoms with Crippen molar-refractivity contribution in [3.63, 3.8) is 0 Å². The van der Waals surface area contributed by atoms with Gasteiger partial charge >= 0.3 is 0 Å². The van der Waals surface area contributed by atoms with Crippen molar-refractivity contribution in [2.24, 2.45) is 5.41 Å². The Morgan fingerprint density at radius 3 is 2.68 bits per heavy atom. The summed E-state index contributed by atoms with van der Waals surface area (Å²) in [7, 11) is 0. The largest absolute Gasteiger partial charge is 0.306 e. The average Bonchev–Trinajstić information content (AvgIpc) is 2.42. The highest BCUT2D eigenvalue weighted by Crippen LogP contribution is 2.37. The normalized spacial score (nSPS) is 26.9. The number of benzene rings is 1. The minimum Gasteiger partial charge on any atom is -0.306 e. The molecule has 0 bridgehead atoms. The van der Waals surface area contributed by atoms with E-state index in [4.69, 9.17) is 0 Å². The van der Waals surface area contributed by atoms with Gasteiger partial charge in [0.05, 0.1) is 0 Å². The maximum Gasteiger partial charge on any atom is 0.0417 e. The second-order valence-electron chi connectivity index (χ2n) is 6.87. The topological polar surface area (TPSA) is 12.0 Å². The lowest BCUT2D eigenvalue weighted by Gasteiger charge is -2.37. The van der Waals surface area contributed by atoms with Gasteiger partial charge in [0.1, 0.15) is 0 Å². The van der Waals surface area contributed by atoms with Gasteiger partial charge in [0.15, 0.2) is 0 Å². The third-order valence-electron chi connectivity index (χ3n) is 4.75. The predicted octanol–water partition coefficient (Wildman–Crippen LogP) is 4.53. The summed E-state index contributed by atoms with van der Waals surface area (Å²) < 4.78 is 0. The molecule has 1 unspecified atom stereocenters. The second-order valence-corrected chi connectivity index (χ2v) is 7.90. The summed E-state index contributed by atoms with van der Waals surface area (Å²) in [6.45, 7) is 4.82. The van der Waals surface area contributed by atoms with E-state index < -0.39 is 0 Å². The number of rotatable bonds is 2. The molecule has 0 aromatic heterocycles. The first-order chi connectivity index (χ1) is 9.14. The monoisotopic (exact) mass is 275 g/mol. The fourth-order valence-electron chi connectivity index (χ4n) is 3.37. The SMILES string of the molecule is CC1(C)CCC(NC2CSCc3ccccc32)CC1. The summed E-state index contributed by atoms with van der Waals surface area (Å²) in [5.41, 5.74) is 3.65. The van der Waals surface area contributed by atoms with Crippen molar-refractivity contribution in [3.05, 3.63) is 35.4 Å². The van der Waals surface area contributed by atoms with E-state index in [-0.39, 0.29) is 0 Å². The molecule has 0 spiro atoms. The van der Waals surface area contributed by atoms with Crippen LogP contribution in [0.5, 0.6) is 0 Å². The van der Waals surface area contributed by atoms with Crippen molar-refractivity contribution in [1.82, 2.24) is 5.32 Å². The Labute approximate surface area is 121 Å². The first-order valence-electron chi connectivity index (χ1n) is 7.56. The van der Waals surface area contributed by atoms with Gasteiger partial charge in [-0.1, -0.05) is 38.1 Å². The predicted molar refractivity (Wildman–Crippen MR) is 84.5 cm³/mol. The maximum absolute atomic E-state index is 3.93. The fourth-order valence-corrected chi connectivity index (χ4v) is 4.48.